The number of carbonyl (C=O) groups is 1. The third kappa shape index (κ3) is 3.55. The highest BCUT2D eigenvalue weighted by molar-refractivity contribution is 5.92. The van der Waals surface area contributed by atoms with Crippen LogP contribution in [-0.4, -0.2) is 12.6 Å². The van der Waals surface area contributed by atoms with E-state index in [-0.39, 0.29) is 0 Å². The van der Waals surface area contributed by atoms with E-state index in [4.69, 9.17) is 4.74 Å². The van der Waals surface area contributed by atoms with Crippen LogP contribution in [-0.2, 0) is 9.53 Å². The zero-order valence-corrected chi connectivity index (χ0v) is 10.8. The summed E-state index contributed by atoms with van der Waals surface area (Å²) in [5, 5.41) is 0. The van der Waals surface area contributed by atoms with Gasteiger partial charge in [0.15, 0.2) is 0 Å². The Balaban J connectivity index is 2.43. The second kappa shape index (κ2) is 6.55. The van der Waals surface area contributed by atoms with Crippen molar-refractivity contribution in [2.75, 3.05) is 6.61 Å². The molecule has 0 saturated carbocycles. The molecule has 0 aromatic heterocycles. The predicted octanol–water partition coefficient (Wildman–Crippen LogP) is 3.48. The van der Waals surface area contributed by atoms with Crippen molar-refractivity contribution in [1.29, 1.82) is 0 Å². The first kappa shape index (κ1) is 13.1. The average molecular weight is 251 g/mol. The predicted molar refractivity (Wildman–Crippen MR) is 75.3 cm³/mol. The van der Waals surface area contributed by atoms with Gasteiger partial charge in [-0.2, -0.15) is 0 Å². The van der Waals surface area contributed by atoms with Crippen molar-refractivity contribution in [3.8, 4) is 0 Å². The Morgan fingerprint density at radius 2 is 1.42 bits per heavy atom. The van der Waals surface area contributed by atoms with E-state index in [0.717, 1.165) is 16.7 Å². The molecule has 0 unspecified atom stereocenters. The Kier molecular flexibility index (Phi) is 4.51. The number of rotatable bonds is 4. The van der Waals surface area contributed by atoms with Gasteiger partial charge in [0.25, 0.3) is 0 Å². The van der Waals surface area contributed by atoms with Crippen molar-refractivity contribution in [3.63, 3.8) is 0 Å². The Bertz CT molecular complexity index is 515. The van der Waals surface area contributed by atoms with Gasteiger partial charge >= 0.3 is 5.97 Å². The van der Waals surface area contributed by atoms with Crippen molar-refractivity contribution >= 4 is 11.5 Å². The summed E-state index contributed by atoms with van der Waals surface area (Å²) in [6, 6.07) is 19.4. The SMILES string of the molecule is CCOC(=O)[C]=C(c1ccccc1)c1ccccc1. The topological polar surface area (TPSA) is 26.3 Å². The molecule has 0 aliphatic carbocycles. The van der Waals surface area contributed by atoms with Gasteiger partial charge in [-0.25, -0.2) is 4.79 Å². The fourth-order valence-corrected chi connectivity index (χ4v) is 1.79. The van der Waals surface area contributed by atoms with Crippen molar-refractivity contribution in [2.45, 2.75) is 6.92 Å². The van der Waals surface area contributed by atoms with Crippen LogP contribution in [0.3, 0.4) is 0 Å². The molecule has 2 aromatic rings. The van der Waals surface area contributed by atoms with Gasteiger partial charge in [-0.1, -0.05) is 60.7 Å². The van der Waals surface area contributed by atoms with E-state index in [1.165, 1.54) is 0 Å². The molecule has 0 bridgehead atoms. The normalized spacial score (nSPS) is 9.74. The number of hydrogen-bond acceptors (Lipinski definition) is 2. The molecular weight excluding hydrogens is 236 g/mol. The number of benzene rings is 2. The summed E-state index contributed by atoms with van der Waals surface area (Å²) >= 11 is 0. The Labute approximate surface area is 113 Å². The van der Waals surface area contributed by atoms with E-state index in [9.17, 15) is 4.79 Å². The first-order chi connectivity index (χ1) is 9.31. The summed E-state index contributed by atoms with van der Waals surface area (Å²) in [6.07, 6.45) is 2.81. The molecule has 0 atom stereocenters. The highest BCUT2D eigenvalue weighted by atomic mass is 16.5. The van der Waals surface area contributed by atoms with Crippen LogP contribution >= 0.6 is 0 Å². The maximum atomic E-state index is 11.6. The highest BCUT2D eigenvalue weighted by Crippen LogP contribution is 2.22. The summed E-state index contributed by atoms with van der Waals surface area (Å²) in [5.41, 5.74) is 2.64. The number of hydrogen-bond donors (Lipinski definition) is 0. The van der Waals surface area contributed by atoms with Gasteiger partial charge in [-0.3, -0.25) is 0 Å². The van der Waals surface area contributed by atoms with Gasteiger partial charge in [-0.05, 0) is 18.1 Å². The van der Waals surface area contributed by atoms with Gasteiger partial charge in [0, 0.05) is 5.57 Å². The number of ether oxygens (including phenoxy) is 1. The van der Waals surface area contributed by atoms with Gasteiger partial charge in [-0.15, -0.1) is 0 Å². The third-order valence-electron chi connectivity index (χ3n) is 2.63. The van der Waals surface area contributed by atoms with Crippen molar-refractivity contribution in [2.24, 2.45) is 0 Å². The summed E-state index contributed by atoms with van der Waals surface area (Å²) in [5.74, 6) is -0.440. The lowest BCUT2D eigenvalue weighted by Crippen LogP contribution is -2.02. The van der Waals surface area contributed by atoms with Crippen LogP contribution in [0.15, 0.2) is 60.7 Å². The van der Waals surface area contributed by atoms with Gasteiger partial charge < -0.3 is 4.74 Å². The molecule has 2 nitrogen and oxygen atoms in total. The molecule has 19 heavy (non-hydrogen) atoms. The fourth-order valence-electron chi connectivity index (χ4n) is 1.79. The first-order valence-electron chi connectivity index (χ1n) is 6.23. The second-order valence-corrected chi connectivity index (χ2v) is 3.95. The largest absolute Gasteiger partial charge is 0.462 e. The monoisotopic (exact) mass is 251 g/mol. The highest BCUT2D eigenvalue weighted by Gasteiger charge is 2.08. The molecule has 0 N–H and O–H groups in total. The molecule has 0 aliphatic heterocycles. The lowest BCUT2D eigenvalue weighted by Gasteiger charge is -2.07. The lowest BCUT2D eigenvalue weighted by atomic mass is 9.98. The number of esters is 1. The third-order valence-corrected chi connectivity index (χ3v) is 2.63. The zero-order valence-electron chi connectivity index (χ0n) is 10.8. The van der Waals surface area contributed by atoms with E-state index < -0.39 is 5.97 Å². The first-order valence-corrected chi connectivity index (χ1v) is 6.23. The minimum Gasteiger partial charge on any atom is -0.462 e. The van der Waals surface area contributed by atoms with Crippen LogP contribution in [0.4, 0.5) is 0 Å². The summed E-state index contributed by atoms with van der Waals surface area (Å²) in [7, 11) is 0. The molecule has 2 aromatic carbocycles. The molecule has 0 heterocycles. The fraction of sp³-hybridized carbons (Fsp3) is 0.118. The van der Waals surface area contributed by atoms with E-state index in [1.54, 1.807) is 6.92 Å². The molecule has 0 amide bonds. The van der Waals surface area contributed by atoms with Crippen molar-refractivity contribution < 1.29 is 9.53 Å². The van der Waals surface area contributed by atoms with Crippen LogP contribution in [0.5, 0.6) is 0 Å². The van der Waals surface area contributed by atoms with Crippen LogP contribution in [0.1, 0.15) is 18.1 Å². The van der Waals surface area contributed by atoms with Crippen LogP contribution in [0.2, 0.25) is 0 Å². The van der Waals surface area contributed by atoms with Crippen molar-refractivity contribution in [3.05, 3.63) is 77.9 Å². The Morgan fingerprint density at radius 1 is 0.947 bits per heavy atom. The molecule has 1 radical (unpaired) electrons. The molecule has 95 valence electrons. The molecule has 0 aliphatic rings. The maximum absolute atomic E-state index is 11.6. The van der Waals surface area contributed by atoms with E-state index >= 15 is 0 Å². The summed E-state index contributed by atoms with van der Waals surface area (Å²) in [6.45, 7) is 2.13. The summed E-state index contributed by atoms with van der Waals surface area (Å²) < 4.78 is 4.94. The minimum absolute atomic E-state index is 0.350. The lowest BCUT2D eigenvalue weighted by molar-refractivity contribution is -0.137. The zero-order chi connectivity index (χ0) is 13.5. The molecule has 2 rings (SSSR count). The minimum atomic E-state index is -0.440. The molecular formula is C17H15O2. The van der Waals surface area contributed by atoms with Gasteiger partial charge in [0.2, 0.25) is 0 Å². The summed E-state index contributed by atoms with van der Waals surface area (Å²) in [4.78, 5) is 11.6. The molecule has 0 spiro atoms. The molecule has 0 saturated heterocycles. The average Bonchev–Trinajstić information content (AvgIpc) is 2.47. The van der Waals surface area contributed by atoms with E-state index in [1.807, 2.05) is 60.7 Å². The Morgan fingerprint density at radius 3 is 1.84 bits per heavy atom. The standard InChI is InChI=1S/C17H15O2/c1-2-19-17(18)13-16(14-9-5-3-6-10-14)15-11-7-4-8-12-15/h3-12H,2H2,1H3. The molecule has 0 fully saturated rings. The van der Waals surface area contributed by atoms with Crippen LogP contribution < -0.4 is 0 Å². The quantitative estimate of drug-likeness (QED) is 0.614. The van der Waals surface area contributed by atoms with Crippen LogP contribution in [0.25, 0.3) is 5.57 Å². The van der Waals surface area contributed by atoms with Gasteiger partial charge in [0.05, 0.1) is 12.7 Å². The smallest absolute Gasteiger partial charge is 0.339 e. The second-order valence-electron chi connectivity index (χ2n) is 3.95. The van der Waals surface area contributed by atoms with Crippen LogP contribution in [0, 0.1) is 6.08 Å². The van der Waals surface area contributed by atoms with E-state index in [2.05, 4.69) is 6.08 Å². The van der Waals surface area contributed by atoms with Gasteiger partial charge in [0.1, 0.15) is 0 Å². The van der Waals surface area contributed by atoms with E-state index in [0.29, 0.717) is 6.61 Å². The molecule has 2 heteroatoms. The van der Waals surface area contributed by atoms with Crippen molar-refractivity contribution in [1.82, 2.24) is 0 Å². The Hall–Kier alpha value is -2.35. The number of carbonyl (C=O) groups excluding carboxylic acids is 1. The maximum Gasteiger partial charge on any atom is 0.339 e.